The molecular formula is C15H20O2. The number of aldehydes is 1. The first kappa shape index (κ1) is 12.2. The smallest absolute Gasteiger partial charge is 0.153 e. The minimum Gasteiger partial charge on any atom is -0.490 e. The van der Waals surface area contributed by atoms with Gasteiger partial charge in [0, 0.05) is 0 Å². The van der Waals surface area contributed by atoms with E-state index in [0.717, 1.165) is 30.4 Å². The van der Waals surface area contributed by atoms with E-state index in [1.165, 1.54) is 25.7 Å². The van der Waals surface area contributed by atoms with Crippen molar-refractivity contribution >= 4 is 6.29 Å². The molecule has 0 N–H and O–H groups in total. The highest BCUT2D eigenvalue weighted by Gasteiger charge is 2.15. The molecule has 92 valence electrons. The molecule has 0 bridgehead atoms. The molecule has 1 aliphatic rings. The predicted molar refractivity (Wildman–Crippen MR) is 68.7 cm³/mol. The van der Waals surface area contributed by atoms with Gasteiger partial charge in [0.05, 0.1) is 11.7 Å². The maximum Gasteiger partial charge on any atom is 0.153 e. The van der Waals surface area contributed by atoms with Crippen LogP contribution in [0, 0.1) is 6.92 Å². The second-order valence-electron chi connectivity index (χ2n) is 4.89. The Morgan fingerprint density at radius 1 is 1.18 bits per heavy atom. The summed E-state index contributed by atoms with van der Waals surface area (Å²) >= 11 is 0. The molecule has 0 unspecified atom stereocenters. The minimum atomic E-state index is 0.291. The highest BCUT2D eigenvalue weighted by Crippen LogP contribution is 2.25. The van der Waals surface area contributed by atoms with Crippen molar-refractivity contribution < 1.29 is 9.53 Å². The van der Waals surface area contributed by atoms with Gasteiger partial charge < -0.3 is 4.74 Å². The third-order valence-electron chi connectivity index (χ3n) is 3.39. The summed E-state index contributed by atoms with van der Waals surface area (Å²) in [4.78, 5) is 11.0. The van der Waals surface area contributed by atoms with E-state index >= 15 is 0 Å². The summed E-state index contributed by atoms with van der Waals surface area (Å²) in [6.07, 6.45) is 8.53. The highest BCUT2D eigenvalue weighted by atomic mass is 16.5. The summed E-state index contributed by atoms with van der Waals surface area (Å²) in [6, 6.07) is 5.81. The summed E-state index contributed by atoms with van der Waals surface area (Å²) in [5.41, 5.74) is 1.77. The van der Waals surface area contributed by atoms with Gasteiger partial charge in [-0.1, -0.05) is 24.5 Å². The lowest BCUT2D eigenvalue weighted by Crippen LogP contribution is -2.16. The van der Waals surface area contributed by atoms with Gasteiger partial charge in [-0.15, -0.1) is 0 Å². The van der Waals surface area contributed by atoms with Gasteiger partial charge in [0.25, 0.3) is 0 Å². The molecule has 17 heavy (non-hydrogen) atoms. The third-order valence-corrected chi connectivity index (χ3v) is 3.39. The Morgan fingerprint density at radius 3 is 2.53 bits per heavy atom. The Balaban J connectivity index is 2.08. The summed E-state index contributed by atoms with van der Waals surface area (Å²) in [5, 5.41) is 0. The van der Waals surface area contributed by atoms with Gasteiger partial charge >= 0.3 is 0 Å². The van der Waals surface area contributed by atoms with E-state index in [4.69, 9.17) is 4.74 Å². The van der Waals surface area contributed by atoms with Crippen LogP contribution in [0.3, 0.4) is 0 Å². The number of hydrogen-bond acceptors (Lipinski definition) is 2. The highest BCUT2D eigenvalue weighted by molar-refractivity contribution is 5.79. The number of ether oxygens (including phenoxy) is 1. The van der Waals surface area contributed by atoms with E-state index in [2.05, 4.69) is 0 Å². The molecule has 1 aliphatic carbocycles. The number of rotatable bonds is 3. The largest absolute Gasteiger partial charge is 0.490 e. The van der Waals surface area contributed by atoms with Crippen LogP contribution in [0.4, 0.5) is 0 Å². The maximum absolute atomic E-state index is 11.0. The van der Waals surface area contributed by atoms with Gasteiger partial charge in [-0.25, -0.2) is 0 Å². The summed E-state index contributed by atoms with van der Waals surface area (Å²) < 4.78 is 5.98. The van der Waals surface area contributed by atoms with Crippen LogP contribution < -0.4 is 4.74 Å². The van der Waals surface area contributed by atoms with Crippen LogP contribution in [0.15, 0.2) is 18.2 Å². The Labute approximate surface area is 103 Å². The van der Waals surface area contributed by atoms with Crippen LogP contribution in [-0.2, 0) is 0 Å². The Morgan fingerprint density at radius 2 is 1.88 bits per heavy atom. The fraction of sp³-hybridized carbons (Fsp3) is 0.533. The second-order valence-corrected chi connectivity index (χ2v) is 4.89. The number of carbonyl (C=O) groups is 1. The van der Waals surface area contributed by atoms with Gasteiger partial charge in [0.1, 0.15) is 5.75 Å². The molecule has 1 aromatic carbocycles. The normalized spacial score (nSPS) is 17.5. The summed E-state index contributed by atoms with van der Waals surface area (Å²) in [6.45, 7) is 1.99. The van der Waals surface area contributed by atoms with Gasteiger partial charge in [-0.05, 0) is 44.7 Å². The van der Waals surface area contributed by atoms with Crippen LogP contribution in [0.1, 0.15) is 54.4 Å². The van der Waals surface area contributed by atoms with Crippen molar-refractivity contribution in [2.45, 2.75) is 51.6 Å². The monoisotopic (exact) mass is 232 g/mol. The van der Waals surface area contributed by atoms with Gasteiger partial charge in [0.2, 0.25) is 0 Å². The number of carbonyl (C=O) groups excluding carboxylic acids is 1. The molecule has 0 aromatic heterocycles. The predicted octanol–water partition coefficient (Wildman–Crippen LogP) is 3.91. The topological polar surface area (TPSA) is 26.3 Å². The zero-order chi connectivity index (χ0) is 12.1. The average molecular weight is 232 g/mol. The van der Waals surface area contributed by atoms with Crippen molar-refractivity contribution in [2.75, 3.05) is 0 Å². The maximum atomic E-state index is 11.0. The molecule has 0 spiro atoms. The zero-order valence-electron chi connectivity index (χ0n) is 10.4. The molecule has 1 aromatic rings. The SMILES string of the molecule is Cc1ccc(OC2CCCCCC2)c(C=O)c1. The first-order valence-corrected chi connectivity index (χ1v) is 6.52. The molecule has 1 fully saturated rings. The molecular weight excluding hydrogens is 212 g/mol. The lowest BCUT2D eigenvalue weighted by atomic mass is 10.1. The molecule has 0 atom stereocenters. The van der Waals surface area contributed by atoms with E-state index in [1.807, 2.05) is 25.1 Å². The van der Waals surface area contributed by atoms with Crippen molar-refractivity contribution in [1.82, 2.24) is 0 Å². The number of hydrogen-bond donors (Lipinski definition) is 0. The third kappa shape index (κ3) is 3.32. The van der Waals surface area contributed by atoms with Crippen molar-refractivity contribution in [2.24, 2.45) is 0 Å². The van der Waals surface area contributed by atoms with Gasteiger partial charge in [-0.2, -0.15) is 0 Å². The lowest BCUT2D eigenvalue weighted by molar-refractivity contribution is 0.111. The van der Waals surface area contributed by atoms with Crippen LogP contribution >= 0.6 is 0 Å². The minimum absolute atomic E-state index is 0.291. The van der Waals surface area contributed by atoms with Crippen molar-refractivity contribution in [3.8, 4) is 5.75 Å². The Bertz CT molecular complexity index is 377. The van der Waals surface area contributed by atoms with E-state index in [1.54, 1.807) is 0 Å². The van der Waals surface area contributed by atoms with E-state index in [0.29, 0.717) is 11.7 Å². The first-order valence-electron chi connectivity index (χ1n) is 6.52. The quantitative estimate of drug-likeness (QED) is 0.583. The van der Waals surface area contributed by atoms with Crippen LogP contribution in [0.25, 0.3) is 0 Å². The molecule has 2 heteroatoms. The zero-order valence-corrected chi connectivity index (χ0v) is 10.4. The van der Waals surface area contributed by atoms with Gasteiger partial charge in [-0.3, -0.25) is 4.79 Å². The van der Waals surface area contributed by atoms with Crippen molar-refractivity contribution in [3.63, 3.8) is 0 Å². The molecule has 2 rings (SSSR count). The first-order chi connectivity index (χ1) is 8.29. The molecule has 0 heterocycles. The fourth-order valence-corrected chi connectivity index (χ4v) is 2.41. The van der Waals surface area contributed by atoms with Crippen molar-refractivity contribution in [3.05, 3.63) is 29.3 Å². The van der Waals surface area contributed by atoms with E-state index in [-0.39, 0.29) is 0 Å². The van der Waals surface area contributed by atoms with Crippen LogP contribution in [0.2, 0.25) is 0 Å². The van der Waals surface area contributed by atoms with Crippen molar-refractivity contribution in [1.29, 1.82) is 0 Å². The molecule has 0 aliphatic heterocycles. The number of aryl methyl sites for hydroxylation is 1. The number of benzene rings is 1. The molecule has 0 amide bonds. The average Bonchev–Trinajstić information content (AvgIpc) is 2.60. The standard InChI is InChI=1S/C15H20O2/c1-12-8-9-15(13(10-12)11-16)17-14-6-4-2-3-5-7-14/h8-11,14H,2-7H2,1H3. The van der Waals surface area contributed by atoms with E-state index in [9.17, 15) is 4.79 Å². The summed E-state index contributed by atoms with van der Waals surface area (Å²) in [7, 11) is 0. The Hall–Kier alpha value is -1.31. The summed E-state index contributed by atoms with van der Waals surface area (Å²) in [5.74, 6) is 0.748. The molecule has 2 nitrogen and oxygen atoms in total. The fourth-order valence-electron chi connectivity index (χ4n) is 2.41. The molecule has 1 saturated carbocycles. The Kier molecular flexibility index (Phi) is 4.18. The van der Waals surface area contributed by atoms with Crippen LogP contribution in [-0.4, -0.2) is 12.4 Å². The molecule has 0 radical (unpaired) electrons. The molecule has 0 saturated heterocycles. The lowest BCUT2D eigenvalue weighted by Gasteiger charge is -2.18. The van der Waals surface area contributed by atoms with Gasteiger partial charge in [0.15, 0.2) is 6.29 Å². The second kappa shape index (κ2) is 5.85. The van der Waals surface area contributed by atoms with Crippen LogP contribution in [0.5, 0.6) is 5.75 Å². The van der Waals surface area contributed by atoms with E-state index < -0.39 is 0 Å².